The van der Waals surface area contributed by atoms with E-state index < -0.39 is 0 Å². The first-order valence-electron chi connectivity index (χ1n) is 6.50. The van der Waals surface area contributed by atoms with E-state index in [0.29, 0.717) is 11.8 Å². The van der Waals surface area contributed by atoms with E-state index in [1.54, 1.807) is 0 Å². The van der Waals surface area contributed by atoms with Gasteiger partial charge < -0.3 is 5.32 Å². The summed E-state index contributed by atoms with van der Waals surface area (Å²) in [5, 5.41) is 2.93. The summed E-state index contributed by atoms with van der Waals surface area (Å²) in [5.74, 6) is 1.47. The van der Waals surface area contributed by atoms with Crippen LogP contribution in [0.1, 0.15) is 25.8 Å². The van der Waals surface area contributed by atoms with Crippen LogP contribution in [0.25, 0.3) is 0 Å². The third-order valence-electron chi connectivity index (χ3n) is 4.02. The number of amides is 1. The summed E-state index contributed by atoms with van der Waals surface area (Å²) in [6, 6.07) is 10.5. The fraction of sp³-hybridized carbons (Fsp3) is 0.533. The molecule has 2 unspecified atom stereocenters. The van der Waals surface area contributed by atoms with Gasteiger partial charge in [-0.3, -0.25) is 4.79 Å². The van der Waals surface area contributed by atoms with Gasteiger partial charge in [0.25, 0.3) is 0 Å². The van der Waals surface area contributed by atoms with Gasteiger partial charge in [-0.1, -0.05) is 44.2 Å². The third kappa shape index (κ3) is 2.87. The van der Waals surface area contributed by atoms with Gasteiger partial charge in [0.05, 0.1) is 0 Å². The number of hydrogen-bond donors (Lipinski definition) is 1. The Morgan fingerprint density at radius 2 is 2.00 bits per heavy atom. The Bertz CT molecular complexity index is 374. The molecule has 0 radical (unpaired) electrons. The molecule has 1 amide bonds. The standard InChI is InChI=1S/C15H21NO/c1-11(10-13-6-4-3-5-7-13)12(2)14-8-9-16-15(14)17/h3-7,11-12,14H,8-10H2,1-2H3,(H,16,17)/t11?,12-,14?/m0/s1. The van der Waals surface area contributed by atoms with Crippen molar-refractivity contribution in [2.45, 2.75) is 26.7 Å². The van der Waals surface area contributed by atoms with Gasteiger partial charge in [0.1, 0.15) is 0 Å². The maximum atomic E-state index is 11.7. The zero-order chi connectivity index (χ0) is 12.3. The molecule has 1 fully saturated rings. The smallest absolute Gasteiger partial charge is 0.223 e. The molecule has 2 heteroatoms. The van der Waals surface area contributed by atoms with Crippen LogP contribution in [0.3, 0.4) is 0 Å². The minimum absolute atomic E-state index is 0.216. The van der Waals surface area contributed by atoms with Gasteiger partial charge >= 0.3 is 0 Å². The average Bonchev–Trinajstić information content (AvgIpc) is 2.76. The summed E-state index contributed by atoms with van der Waals surface area (Å²) in [4.78, 5) is 11.7. The predicted octanol–water partition coefficient (Wildman–Crippen LogP) is 2.64. The summed E-state index contributed by atoms with van der Waals surface area (Å²) in [6.45, 7) is 5.32. The van der Waals surface area contributed by atoms with Crippen molar-refractivity contribution in [3.05, 3.63) is 35.9 Å². The van der Waals surface area contributed by atoms with Crippen LogP contribution in [0.4, 0.5) is 0 Å². The highest BCUT2D eigenvalue weighted by atomic mass is 16.2. The minimum atomic E-state index is 0.216. The predicted molar refractivity (Wildman–Crippen MR) is 69.6 cm³/mol. The van der Waals surface area contributed by atoms with Gasteiger partial charge in [-0.2, -0.15) is 0 Å². The van der Waals surface area contributed by atoms with Crippen molar-refractivity contribution < 1.29 is 4.79 Å². The van der Waals surface area contributed by atoms with E-state index >= 15 is 0 Å². The lowest BCUT2D eigenvalue weighted by atomic mass is 9.80. The number of hydrogen-bond acceptors (Lipinski definition) is 1. The molecular formula is C15H21NO. The van der Waals surface area contributed by atoms with Crippen molar-refractivity contribution in [3.8, 4) is 0 Å². The molecule has 0 aromatic heterocycles. The largest absolute Gasteiger partial charge is 0.356 e. The number of carbonyl (C=O) groups excluding carboxylic acids is 1. The summed E-state index contributed by atoms with van der Waals surface area (Å²) in [5.41, 5.74) is 1.37. The van der Waals surface area contributed by atoms with Crippen molar-refractivity contribution in [1.82, 2.24) is 5.32 Å². The Hall–Kier alpha value is -1.31. The molecule has 1 aliphatic heterocycles. The second-order valence-electron chi connectivity index (χ2n) is 5.21. The quantitative estimate of drug-likeness (QED) is 0.848. The van der Waals surface area contributed by atoms with E-state index in [1.165, 1.54) is 5.56 Å². The van der Waals surface area contributed by atoms with Gasteiger partial charge in [-0.05, 0) is 30.2 Å². The fourth-order valence-electron chi connectivity index (χ4n) is 2.68. The topological polar surface area (TPSA) is 29.1 Å². The Morgan fingerprint density at radius 3 is 2.59 bits per heavy atom. The van der Waals surface area contributed by atoms with Gasteiger partial charge in [-0.15, -0.1) is 0 Å². The van der Waals surface area contributed by atoms with Crippen LogP contribution in [0, 0.1) is 17.8 Å². The summed E-state index contributed by atoms with van der Waals surface area (Å²) in [7, 11) is 0. The summed E-state index contributed by atoms with van der Waals surface area (Å²) in [6.07, 6.45) is 2.06. The van der Waals surface area contributed by atoms with Crippen LogP contribution in [0.15, 0.2) is 30.3 Å². The van der Waals surface area contributed by atoms with Crippen molar-refractivity contribution in [2.75, 3.05) is 6.54 Å². The first-order valence-corrected chi connectivity index (χ1v) is 6.50. The molecule has 3 atom stereocenters. The monoisotopic (exact) mass is 231 g/mol. The normalized spacial score (nSPS) is 23.2. The molecule has 1 heterocycles. The van der Waals surface area contributed by atoms with Crippen LogP contribution in [0.5, 0.6) is 0 Å². The molecule has 1 aliphatic rings. The second kappa shape index (κ2) is 5.35. The van der Waals surface area contributed by atoms with Crippen molar-refractivity contribution in [2.24, 2.45) is 17.8 Å². The van der Waals surface area contributed by atoms with E-state index in [-0.39, 0.29) is 11.8 Å². The summed E-state index contributed by atoms with van der Waals surface area (Å²) < 4.78 is 0. The van der Waals surface area contributed by atoms with Crippen LogP contribution in [-0.2, 0) is 11.2 Å². The zero-order valence-corrected chi connectivity index (χ0v) is 10.6. The molecule has 17 heavy (non-hydrogen) atoms. The molecule has 0 bridgehead atoms. The second-order valence-corrected chi connectivity index (χ2v) is 5.21. The Morgan fingerprint density at radius 1 is 1.29 bits per heavy atom. The van der Waals surface area contributed by atoms with E-state index in [9.17, 15) is 4.79 Å². The highest BCUT2D eigenvalue weighted by molar-refractivity contribution is 5.80. The molecule has 1 saturated heterocycles. The first kappa shape index (κ1) is 12.2. The van der Waals surface area contributed by atoms with Crippen LogP contribution >= 0.6 is 0 Å². The summed E-state index contributed by atoms with van der Waals surface area (Å²) >= 11 is 0. The lowest BCUT2D eigenvalue weighted by Crippen LogP contribution is -2.27. The molecule has 1 aromatic rings. The first-order chi connectivity index (χ1) is 8.18. The van der Waals surface area contributed by atoms with E-state index in [0.717, 1.165) is 19.4 Å². The van der Waals surface area contributed by atoms with Gasteiger partial charge in [-0.25, -0.2) is 0 Å². The molecule has 92 valence electrons. The third-order valence-corrected chi connectivity index (χ3v) is 4.02. The SMILES string of the molecule is CC(Cc1ccccc1)[C@H](C)C1CCNC1=O. The van der Waals surface area contributed by atoms with Gasteiger partial charge in [0.2, 0.25) is 5.91 Å². The average molecular weight is 231 g/mol. The van der Waals surface area contributed by atoms with E-state index in [2.05, 4.69) is 43.4 Å². The number of rotatable bonds is 4. The highest BCUT2D eigenvalue weighted by Gasteiger charge is 2.32. The molecule has 1 N–H and O–H groups in total. The van der Waals surface area contributed by atoms with Crippen molar-refractivity contribution in [3.63, 3.8) is 0 Å². The van der Waals surface area contributed by atoms with Crippen LogP contribution in [0.2, 0.25) is 0 Å². The maximum Gasteiger partial charge on any atom is 0.223 e. The zero-order valence-electron chi connectivity index (χ0n) is 10.6. The Kier molecular flexibility index (Phi) is 3.82. The Labute approximate surface area is 103 Å². The fourth-order valence-corrected chi connectivity index (χ4v) is 2.68. The van der Waals surface area contributed by atoms with Gasteiger partial charge in [0, 0.05) is 12.5 Å². The molecule has 0 saturated carbocycles. The van der Waals surface area contributed by atoms with Crippen molar-refractivity contribution in [1.29, 1.82) is 0 Å². The Balaban J connectivity index is 1.95. The maximum absolute atomic E-state index is 11.7. The molecule has 0 aliphatic carbocycles. The molecule has 1 aromatic carbocycles. The molecular weight excluding hydrogens is 210 g/mol. The van der Waals surface area contributed by atoms with Crippen molar-refractivity contribution >= 4 is 5.91 Å². The number of benzene rings is 1. The molecule has 2 rings (SSSR count). The van der Waals surface area contributed by atoms with Crippen LogP contribution < -0.4 is 5.32 Å². The van der Waals surface area contributed by atoms with E-state index in [4.69, 9.17) is 0 Å². The lowest BCUT2D eigenvalue weighted by molar-refractivity contribution is -0.124. The van der Waals surface area contributed by atoms with Gasteiger partial charge in [0.15, 0.2) is 0 Å². The highest BCUT2D eigenvalue weighted by Crippen LogP contribution is 2.28. The van der Waals surface area contributed by atoms with E-state index in [1.807, 2.05) is 6.07 Å². The molecule has 0 spiro atoms. The minimum Gasteiger partial charge on any atom is -0.356 e. The number of nitrogens with one attached hydrogen (secondary N) is 1. The lowest BCUT2D eigenvalue weighted by Gasteiger charge is -2.24. The van der Waals surface area contributed by atoms with Crippen LogP contribution in [-0.4, -0.2) is 12.5 Å². The number of carbonyl (C=O) groups is 1. The molecule has 2 nitrogen and oxygen atoms in total.